The van der Waals surface area contributed by atoms with Crippen LogP contribution in [0.25, 0.3) is 22.5 Å². The maximum absolute atomic E-state index is 13.8. The van der Waals surface area contributed by atoms with Gasteiger partial charge in [0.25, 0.3) is 5.91 Å². The summed E-state index contributed by atoms with van der Waals surface area (Å²) in [5, 5.41) is 42.0. The van der Waals surface area contributed by atoms with Crippen molar-refractivity contribution in [1.82, 2.24) is 46.5 Å². The second-order valence-corrected chi connectivity index (χ2v) is 16.7. The highest BCUT2D eigenvalue weighted by atomic mass is 19.4. The van der Waals surface area contributed by atoms with Crippen molar-refractivity contribution in [3.63, 3.8) is 0 Å². The lowest BCUT2D eigenvalue weighted by Gasteiger charge is -2.29. The molecule has 6 rings (SSSR count). The number of carboxylic acids is 1. The first-order valence-corrected chi connectivity index (χ1v) is 20.7. The molecule has 65 heavy (non-hydrogen) atoms. The topological polar surface area (TPSA) is 271 Å². The number of ether oxygens (including phenoxy) is 1. The van der Waals surface area contributed by atoms with Gasteiger partial charge in [-0.15, -0.1) is 10.2 Å². The third-order valence-corrected chi connectivity index (χ3v) is 10.6. The molecule has 2 fully saturated rings. The van der Waals surface area contributed by atoms with Crippen molar-refractivity contribution in [1.29, 1.82) is 0 Å². The van der Waals surface area contributed by atoms with E-state index >= 15 is 0 Å². The Balaban J connectivity index is 0.00000105. The summed E-state index contributed by atoms with van der Waals surface area (Å²) in [5.74, 6) is -3.32. The number of aryl methyl sites for hydroxylation is 1. The number of H-pyrrole nitrogens is 1. The van der Waals surface area contributed by atoms with Crippen molar-refractivity contribution in [3.8, 4) is 22.5 Å². The molecular weight excluding hydrogens is 858 g/mol. The summed E-state index contributed by atoms with van der Waals surface area (Å²) in [5.41, 5.74) is 4.06. The largest absolute Gasteiger partial charge is 0.490 e. The highest BCUT2D eigenvalue weighted by Gasteiger charge is 2.38. The highest BCUT2D eigenvalue weighted by molar-refractivity contribution is 5.98. The number of aromatic nitrogens is 5. The second-order valence-electron chi connectivity index (χ2n) is 16.7. The van der Waals surface area contributed by atoms with Crippen molar-refractivity contribution < 1.29 is 56.9 Å². The number of amides is 5. The Morgan fingerprint density at radius 3 is 2.09 bits per heavy atom. The van der Waals surface area contributed by atoms with Crippen molar-refractivity contribution >= 4 is 41.6 Å². The number of pyridine rings is 1. The van der Waals surface area contributed by atoms with E-state index in [2.05, 4.69) is 46.9 Å². The predicted molar refractivity (Wildman–Crippen MR) is 227 cm³/mol. The van der Waals surface area contributed by atoms with Crippen molar-refractivity contribution in [3.05, 3.63) is 77.6 Å². The molecule has 0 unspecified atom stereocenters. The smallest absolute Gasteiger partial charge is 0.475 e. The van der Waals surface area contributed by atoms with Gasteiger partial charge >= 0.3 is 24.3 Å². The molecule has 0 radical (unpaired) electrons. The number of hydrogen-bond donors (Lipinski definition) is 7. The fraction of sp³-hybridized carbons (Fsp3) is 0.442. The zero-order chi connectivity index (χ0) is 47.5. The summed E-state index contributed by atoms with van der Waals surface area (Å²) in [6, 6.07) is 16.9. The first kappa shape index (κ1) is 48.9. The lowest BCUT2D eigenvalue weighted by Crippen LogP contribution is -2.48. The first-order chi connectivity index (χ1) is 30.6. The Kier molecular flexibility index (Phi) is 16.2. The Hall–Kier alpha value is -7.13. The molecule has 1 aliphatic carbocycles. The van der Waals surface area contributed by atoms with E-state index in [1.807, 2.05) is 58.0 Å². The summed E-state index contributed by atoms with van der Waals surface area (Å²) in [6.07, 6.45) is -3.01. The number of hydrogen-bond acceptors (Lipinski definition) is 11. The molecule has 2 aromatic carbocycles. The van der Waals surface area contributed by atoms with Crippen LogP contribution in [0, 0.1) is 18.8 Å². The van der Waals surface area contributed by atoms with Crippen LogP contribution in [-0.4, -0.2) is 120 Å². The molecule has 7 N–H and O–H groups in total. The number of halogens is 3. The zero-order valence-electron chi connectivity index (χ0n) is 36.1. The van der Waals surface area contributed by atoms with Gasteiger partial charge in [-0.2, -0.15) is 18.4 Å². The normalized spacial score (nSPS) is 17.7. The standard InChI is InChI=1S/C41H50N10O7.C2HF3O2/c1-24-32(17-18-33(43-24)37(53)45-31-19-20-51(23-31)40(56)57)27-9-5-25(6-10-27)21-34(38(54)44-30-15-13-28(14-16-30)35-47-49-50-48-35)46-36(52)29-11-7-26(8-12-29)22-42-39(55)58-41(2,3)4;3-2(4,5)1(6)7/h5-6,9-10,13-18,26,29,31,34H,7-8,11-12,19-23H2,1-4H3,(H,42,55)(H,44,54)(H,45,53)(H,46,52)(H,56,57)(H,47,48,49,50);(H,6,7)/t26-,29-,31-,34+;/m1./s1. The van der Waals surface area contributed by atoms with E-state index in [0.29, 0.717) is 49.6 Å². The lowest BCUT2D eigenvalue weighted by molar-refractivity contribution is -0.192. The molecule has 22 heteroatoms. The summed E-state index contributed by atoms with van der Waals surface area (Å²) >= 11 is 0. The number of alkyl carbamates (subject to hydrolysis) is 1. The van der Waals surface area contributed by atoms with E-state index < -0.39 is 36.0 Å². The van der Waals surface area contributed by atoms with E-state index in [1.54, 1.807) is 30.3 Å². The van der Waals surface area contributed by atoms with Crippen molar-refractivity contribution in [2.24, 2.45) is 11.8 Å². The maximum Gasteiger partial charge on any atom is 0.490 e. The Morgan fingerprint density at radius 1 is 0.892 bits per heavy atom. The summed E-state index contributed by atoms with van der Waals surface area (Å²) in [4.78, 5) is 78.5. The zero-order valence-corrected chi connectivity index (χ0v) is 36.1. The quantitative estimate of drug-likeness (QED) is 0.0946. The van der Waals surface area contributed by atoms with Crippen molar-refractivity contribution in [2.45, 2.75) is 90.1 Å². The van der Waals surface area contributed by atoms with Crippen LogP contribution >= 0.6 is 0 Å². The van der Waals surface area contributed by atoms with Gasteiger partial charge in [-0.05, 0) is 112 Å². The molecule has 2 aliphatic rings. The molecule has 2 atom stereocenters. The van der Waals surface area contributed by atoms with Gasteiger partial charge < -0.3 is 41.1 Å². The number of nitrogens with one attached hydrogen (secondary N) is 5. The minimum absolute atomic E-state index is 0.194. The number of rotatable bonds is 12. The number of carboxylic acid groups (broad SMARTS) is 2. The van der Waals surface area contributed by atoms with Gasteiger partial charge in [0, 0.05) is 60.5 Å². The number of carbonyl (C=O) groups excluding carboxylic acids is 4. The van der Waals surface area contributed by atoms with Crippen LogP contribution in [-0.2, 0) is 25.5 Å². The highest BCUT2D eigenvalue weighted by Crippen LogP contribution is 2.29. The number of likely N-dealkylation sites (tertiary alicyclic amines) is 1. The van der Waals surface area contributed by atoms with Gasteiger partial charge in [0.05, 0.1) is 0 Å². The number of tetrazole rings is 1. The van der Waals surface area contributed by atoms with Crippen LogP contribution in [0.5, 0.6) is 0 Å². The summed E-state index contributed by atoms with van der Waals surface area (Å²) < 4.78 is 37.1. The molecule has 0 spiro atoms. The van der Waals surface area contributed by atoms with E-state index in [-0.39, 0.29) is 54.3 Å². The number of carbonyl (C=O) groups is 6. The Morgan fingerprint density at radius 2 is 1.54 bits per heavy atom. The Bertz CT molecular complexity index is 2300. The third kappa shape index (κ3) is 14.7. The number of anilines is 1. The van der Waals surface area contributed by atoms with Crippen molar-refractivity contribution in [2.75, 3.05) is 25.0 Å². The molecule has 3 heterocycles. The number of aliphatic carboxylic acids is 1. The average Bonchev–Trinajstić information content (AvgIpc) is 3.96. The maximum atomic E-state index is 13.8. The van der Waals surface area contributed by atoms with E-state index in [9.17, 15) is 42.3 Å². The summed E-state index contributed by atoms with van der Waals surface area (Å²) in [7, 11) is 0. The number of alkyl halides is 3. The first-order valence-electron chi connectivity index (χ1n) is 20.7. The second kappa shape index (κ2) is 21.5. The van der Waals surface area contributed by atoms with Gasteiger partial charge in [-0.25, -0.2) is 19.4 Å². The van der Waals surface area contributed by atoms with Gasteiger partial charge in [0.2, 0.25) is 17.6 Å². The van der Waals surface area contributed by atoms with Crippen LogP contribution in [0.3, 0.4) is 0 Å². The molecule has 1 saturated carbocycles. The molecule has 0 bridgehead atoms. The molecule has 4 aromatic rings. The third-order valence-electron chi connectivity index (χ3n) is 10.6. The van der Waals surface area contributed by atoms with E-state index in [0.717, 1.165) is 35.1 Å². The van der Waals surface area contributed by atoms with Gasteiger partial charge in [0.15, 0.2) is 0 Å². The predicted octanol–water partition coefficient (Wildman–Crippen LogP) is 5.35. The average molecular weight is 909 g/mol. The number of aromatic amines is 1. The van der Waals surface area contributed by atoms with Gasteiger partial charge in [0.1, 0.15) is 17.3 Å². The van der Waals surface area contributed by atoms with Crippen LogP contribution in [0.4, 0.5) is 28.4 Å². The van der Waals surface area contributed by atoms with Gasteiger partial charge in [-0.3, -0.25) is 14.4 Å². The van der Waals surface area contributed by atoms with Crippen LogP contribution in [0.15, 0.2) is 60.7 Å². The van der Waals surface area contributed by atoms with Crippen LogP contribution in [0.1, 0.15) is 74.6 Å². The fourth-order valence-electron chi connectivity index (χ4n) is 7.25. The molecule has 348 valence electrons. The SMILES string of the molecule is Cc1nc(C(=O)N[C@@H]2CCN(C(=O)O)C2)ccc1-c1ccc(C[C@H](NC(=O)[C@H]2CC[C@H](CNC(=O)OC(C)(C)C)CC2)C(=O)Nc2ccc(-c3nn[nH]n3)cc2)cc1.O=C(O)C(F)(F)F. The minimum atomic E-state index is -5.08. The number of nitrogens with zero attached hydrogens (tertiary/aromatic N) is 5. The molecule has 19 nitrogen and oxygen atoms in total. The van der Waals surface area contributed by atoms with Crippen LogP contribution < -0.4 is 21.3 Å². The monoisotopic (exact) mass is 908 g/mol. The summed E-state index contributed by atoms with van der Waals surface area (Å²) in [6.45, 7) is 8.34. The fourth-order valence-corrected chi connectivity index (χ4v) is 7.25. The number of benzene rings is 2. The molecule has 1 saturated heterocycles. The Labute approximate surface area is 371 Å². The van der Waals surface area contributed by atoms with Gasteiger partial charge in [-0.1, -0.05) is 30.3 Å². The molecule has 2 aromatic heterocycles. The van der Waals surface area contributed by atoms with E-state index in [1.165, 1.54) is 4.90 Å². The molecule has 1 aliphatic heterocycles. The van der Waals surface area contributed by atoms with E-state index in [4.69, 9.17) is 14.6 Å². The molecule has 5 amide bonds. The molecular formula is C43H51F3N10O9. The lowest BCUT2D eigenvalue weighted by atomic mass is 9.81. The van der Waals surface area contributed by atoms with Crippen LogP contribution in [0.2, 0.25) is 0 Å². The minimum Gasteiger partial charge on any atom is -0.475 e.